The zero-order valence-corrected chi connectivity index (χ0v) is 20.2. The Hall–Kier alpha value is -2.84. The summed E-state index contributed by atoms with van der Waals surface area (Å²) in [5, 5.41) is 3.48. The standard InChI is InChI=1S/C25H36N6O2/c1-17(2)11-14-30-21-22(27-24(30)29-13-7-10-20(26)16-29)28(4)25(33)31(23(21)32)15-12-19-9-6-5-8-18(19)3/h5-6,8-9,11,20,24,27H,7,10,12-16,26H2,1-4H3. The number of nitrogens with two attached hydrogens (primary N) is 1. The van der Waals surface area contributed by atoms with Crippen LogP contribution in [0.1, 0.15) is 37.8 Å². The molecule has 0 spiro atoms. The summed E-state index contributed by atoms with van der Waals surface area (Å²) in [4.78, 5) is 31.3. The van der Waals surface area contributed by atoms with Crippen molar-refractivity contribution >= 4 is 11.5 Å². The molecule has 178 valence electrons. The van der Waals surface area contributed by atoms with Crippen LogP contribution in [-0.4, -0.2) is 46.0 Å². The van der Waals surface area contributed by atoms with E-state index in [0.29, 0.717) is 31.0 Å². The molecule has 8 nitrogen and oxygen atoms in total. The zero-order chi connectivity index (χ0) is 23.7. The molecule has 2 aliphatic rings. The largest absolute Gasteiger partial charge is 0.337 e. The third-order valence-electron chi connectivity index (χ3n) is 6.77. The van der Waals surface area contributed by atoms with Gasteiger partial charge in [0.25, 0.3) is 5.56 Å². The topological polar surface area (TPSA) is 88.5 Å². The molecular formula is C25H36N6O2. The molecule has 4 rings (SSSR count). The molecule has 2 unspecified atom stereocenters. The summed E-state index contributed by atoms with van der Waals surface area (Å²) >= 11 is 0. The minimum absolute atomic E-state index is 0.115. The van der Waals surface area contributed by atoms with E-state index in [2.05, 4.69) is 54.1 Å². The van der Waals surface area contributed by atoms with Gasteiger partial charge in [-0.3, -0.25) is 18.8 Å². The van der Waals surface area contributed by atoms with E-state index in [1.165, 1.54) is 10.1 Å². The molecule has 2 aliphatic heterocycles. The quantitative estimate of drug-likeness (QED) is 0.652. The Bertz CT molecular complexity index is 1160. The highest BCUT2D eigenvalue weighted by molar-refractivity contribution is 5.72. The number of fused-ring (bicyclic) bond motifs is 1. The number of hydrogen-bond acceptors (Lipinski definition) is 6. The van der Waals surface area contributed by atoms with Crippen LogP contribution < -0.4 is 27.2 Å². The lowest BCUT2D eigenvalue weighted by molar-refractivity contribution is 0.164. The van der Waals surface area contributed by atoms with Gasteiger partial charge >= 0.3 is 5.69 Å². The molecule has 2 atom stereocenters. The number of nitrogens with zero attached hydrogens (tertiary/aromatic N) is 4. The fourth-order valence-electron chi connectivity index (χ4n) is 4.84. The zero-order valence-electron chi connectivity index (χ0n) is 20.2. The maximum atomic E-state index is 13.7. The average molecular weight is 453 g/mol. The summed E-state index contributed by atoms with van der Waals surface area (Å²) < 4.78 is 2.96. The molecule has 33 heavy (non-hydrogen) atoms. The lowest BCUT2D eigenvalue weighted by Crippen LogP contribution is -2.56. The lowest BCUT2D eigenvalue weighted by atomic mass is 10.1. The predicted octanol–water partition coefficient (Wildman–Crippen LogP) is 2.00. The van der Waals surface area contributed by atoms with Crippen molar-refractivity contribution in [2.75, 3.05) is 29.9 Å². The Balaban J connectivity index is 1.73. The minimum atomic E-state index is -0.294. The third kappa shape index (κ3) is 4.63. The highest BCUT2D eigenvalue weighted by atomic mass is 16.2. The number of aryl methyl sites for hydroxylation is 2. The molecule has 0 amide bonds. The Kier molecular flexibility index (Phi) is 6.76. The second-order valence-electron chi connectivity index (χ2n) is 9.52. The smallest absolute Gasteiger partial charge is 0.332 e. The maximum Gasteiger partial charge on any atom is 0.332 e. The van der Waals surface area contributed by atoms with Crippen molar-refractivity contribution in [2.45, 2.75) is 58.9 Å². The van der Waals surface area contributed by atoms with Crippen molar-refractivity contribution < 1.29 is 0 Å². The number of aromatic nitrogens is 2. The summed E-state index contributed by atoms with van der Waals surface area (Å²) in [6.07, 6.45) is 4.58. The van der Waals surface area contributed by atoms with Crippen LogP contribution in [0.5, 0.6) is 0 Å². The van der Waals surface area contributed by atoms with Crippen LogP contribution in [0.4, 0.5) is 11.5 Å². The molecular weight excluding hydrogens is 416 g/mol. The van der Waals surface area contributed by atoms with Gasteiger partial charge in [-0.15, -0.1) is 0 Å². The molecule has 0 radical (unpaired) electrons. The van der Waals surface area contributed by atoms with Crippen molar-refractivity contribution in [1.82, 2.24) is 14.0 Å². The van der Waals surface area contributed by atoms with E-state index in [4.69, 9.17) is 5.73 Å². The van der Waals surface area contributed by atoms with Gasteiger partial charge < -0.3 is 16.0 Å². The average Bonchev–Trinajstić information content (AvgIpc) is 3.17. The fourth-order valence-corrected chi connectivity index (χ4v) is 4.84. The van der Waals surface area contributed by atoms with Gasteiger partial charge in [0.15, 0.2) is 6.29 Å². The molecule has 0 bridgehead atoms. The number of allylic oxidation sites excluding steroid dienone is 1. The Morgan fingerprint density at radius 1 is 1.24 bits per heavy atom. The SMILES string of the molecule is CC(C)=CCN1c2c(n(C)c(=O)n(CCc3ccccc3C)c2=O)NC1N1CCCC(N)C1. The van der Waals surface area contributed by atoms with E-state index in [1.54, 1.807) is 11.6 Å². The summed E-state index contributed by atoms with van der Waals surface area (Å²) in [7, 11) is 1.74. The number of piperidine rings is 1. The van der Waals surface area contributed by atoms with Crippen LogP contribution in [0, 0.1) is 6.92 Å². The number of rotatable bonds is 6. The molecule has 1 aromatic heterocycles. The van der Waals surface area contributed by atoms with Crippen molar-refractivity contribution in [2.24, 2.45) is 12.8 Å². The van der Waals surface area contributed by atoms with Crippen molar-refractivity contribution in [3.63, 3.8) is 0 Å². The van der Waals surface area contributed by atoms with Crippen molar-refractivity contribution in [3.8, 4) is 0 Å². The van der Waals surface area contributed by atoms with Crippen LogP contribution in [0.15, 0.2) is 45.5 Å². The van der Waals surface area contributed by atoms with E-state index in [0.717, 1.165) is 37.1 Å². The summed E-state index contributed by atoms with van der Waals surface area (Å²) in [5.74, 6) is 0.587. The first-order chi connectivity index (χ1) is 15.8. The van der Waals surface area contributed by atoms with E-state index in [1.807, 2.05) is 12.1 Å². The van der Waals surface area contributed by atoms with Gasteiger partial charge in [0.05, 0.1) is 0 Å². The minimum Gasteiger partial charge on any atom is -0.337 e. The second kappa shape index (κ2) is 9.57. The Morgan fingerprint density at radius 2 is 2.00 bits per heavy atom. The number of likely N-dealkylation sites (tertiary alicyclic amines) is 1. The van der Waals surface area contributed by atoms with Gasteiger partial charge in [0.1, 0.15) is 11.5 Å². The van der Waals surface area contributed by atoms with Gasteiger partial charge in [0.2, 0.25) is 0 Å². The van der Waals surface area contributed by atoms with E-state index >= 15 is 0 Å². The van der Waals surface area contributed by atoms with Crippen LogP contribution >= 0.6 is 0 Å². The predicted molar refractivity (Wildman–Crippen MR) is 134 cm³/mol. The highest BCUT2D eigenvalue weighted by Crippen LogP contribution is 2.32. The Morgan fingerprint density at radius 3 is 2.70 bits per heavy atom. The van der Waals surface area contributed by atoms with Gasteiger partial charge in [-0.25, -0.2) is 4.79 Å². The molecule has 8 heteroatoms. The first-order valence-electron chi connectivity index (χ1n) is 11.8. The molecule has 1 saturated heterocycles. The summed E-state index contributed by atoms with van der Waals surface area (Å²) in [6.45, 7) is 8.75. The first-order valence-corrected chi connectivity index (χ1v) is 11.8. The lowest BCUT2D eigenvalue weighted by Gasteiger charge is -2.39. The maximum absolute atomic E-state index is 13.7. The van der Waals surface area contributed by atoms with Crippen LogP contribution in [0.2, 0.25) is 0 Å². The molecule has 1 aromatic carbocycles. The van der Waals surface area contributed by atoms with Crippen molar-refractivity contribution in [3.05, 3.63) is 67.9 Å². The number of benzene rings is 1. The fraction of sp³-hybridized carbons (Fsp3) is 0.520. The van der Waals surface area contributed by atoms with Gasteiger partial charge in [0, 0.05) is 39.3 Å². The first kappa shape index (κ1) is 23.3. The second-order valence-corrected chi connectivity index (χ2v) is 9.52. The molecule has 1 fully saturated rings. The van der Waals surface area contributed by atoms with Crippen LogP contribution in [0.3, 0.4) is 0 Å². The van der Waals surface area contributed by atoms with Crippen LogP contribution in [0.25, 0.3) is 0 Å². The molecule has 2 aromatic rings. The van der Waals surface area contributed by atoms with E-state index in [9.17, 15) is 9.59 Å². The Labute approximate surface area is 195 Å². The highest BCUT2D eigenvalue weighted by Gasteiger charge is 2.38. The number of hydrogen-bond donors (Lipinski definition) is 2. The normalized spacial score (nSPS) is 20.5. The summed E-state index contributed by atoms with van der Waals surface area (Å²) in [6, 6.07) is 8.21. The van der Waals surface area contributed by atoms with Crippen LogP contribution in [-0.2, 0) is 20.0 Å². The number of nitrogens with one attached hydrogen (secondary N) is 1. The molecule has 3 N–H and O–H groups in total. The molecule has 0 aliphatic carbocycles. The summed E-state index contributed by atoms with van der Waals surface area (Å²) in [5.41, 5.74) is 9.78. The number of anilines is 2. The molecule has 3 heterocycles. The third-order valence-corrected chi connectivity index (χ3v) is 6.77. The monoisotopic (exact) mass is 452 g/mol. The van der Waals surface area contributed by atoms with Gasteiger partial charge in [-0.1, -0.05) is 35.9 Å². The van der Waals surface area contributed by atoms with Gasteiger partial charge in [-0.2, -0.15) is 0 Å². The van der Waals surface area contributed by atoms with Crippen molar-refractivity contribution in [1.29, 1.82) is 0 Å². The molecule has 0 saturated carbocycles. The van der Waals surface area contributed by atoms with E-state index < -0.39 is 0 Å². The van der Waals surface area contributed by atoms with Gasteiger partial charge in [-0.05, 0) is 51.2 Å². The van der Waals surface area contributed by atoms with E-state index in [-0.39, 0.29) is 23.6 Å².